The van der Waals surface area contributed by atoms with E-state index in [0.717, 1.165) is 11.1 Å². The summed E-state index contributed by atoms with van der Waals surface area (Å²) in [7, 11) is 0. The van der Waals surface area contributed by atoms with E-state index in [0.29, 0.717) is 17.0 Å². The highest BCUT2D eigenvalue weighted by molar-refractivity contribution is 5.90. The van der Waals surface area contributed by atoms with Crippen LogP contribution in [0.25, 0.3) is 11.2 Å². The molecular formula is C29H29N5O6. The number of hydrogen-bond donors (Lipinski definition) is 1. The molecule has 2 N–H and O–H groups in total. The first-order chi connectivity index (χ1) is 19.1. The highest BCUT2D eigenvalue weighted by Crippen LogP contribution is 2.33. The number of nitrogens with two attached hydrogens (primary N) is 1. The molecule has 0 bridgehead atoms. The Morgan fingerprint density at radius 2 is 1.52 bits per heavy atom. The molecule has 0 radical (unpaired) electrons. The van der Waals surface area contributed by atoms with Crippen LogP contribution in [-0.2, 0) is 14.2 Å². The summed E-state index contributed by atoms with van der Waals surface area (Å²) in [5.41, 5.74) is 9.04. The molecule has 2 aromatic heterocycles. The van der Waals surface area contributed by atoms with Crippen LogP contribution in [0.3, 0.4) is 0 Å². The lowest BCUT2D eigenvalue weighted by Gasteiger charge is -2.19. The normalized spacial score (nSPS) is 18.6. The number of carbonyl (C=O) groups excluding carboxylic acids is 2. The van der Waals surface area contributed by atoms with Gasteiger partial charge in [-0.3, -0.25) is 9.36 Å². The lowest BCUT2D eigenvalue weighted by molar-refractivity contribution is -0.0570. The number of esters is 2. The van der Waals surface area contributed by atoms with E-state index in [4.69, 9.17) is 19.9 Å². The fourth-order valence-corrected chi connectivity index (χ4v) is 4.56. The molecule has 3 atom stereocenters. The van der Waals surface area contributed by atoms with Gasteiger partial charge < -0.3 is 19.9 Å². The maximum Gasteiger partial charge on any atom is 0.338 e. The fraction of sp³-hybridized carbons (Fsp3) is 0.310. The number of rotatable bonds is 6. The minimum atomic E-state index is -0.899. The van der Waals surface area contributed by atoms with Crippen LogP contribution in [-0.4, -0.2) is 50.3 Å². The zero-order valence-corrected chi connectivity index (χ0v) is 22.6. The Labute approximate surface area is 229 Å². The van der Waals surface area contributed by atoms with Crippen LogP contribution in [0, 0.1) is 27.7 Å². The zero-order chi connectivity index (χ0) is 28.6. The number of ether oxygens (including phenoxy) is 3. The fourth-order valence-electron chi connectivity index (χ4n) is 4.56. The van der Waals surface area contributed by atoms with Crippen molar-refractivity contribution >= 4 is 28.9 Å². The van der Waals surface area contributed by atoms with E-state index in [9.17, 15) is 14.4 Å². The third-order valence-electron chi connectivity index (χ3n) is 6.72. The Bertz CT molecular complexity index is 1650. The second-order valence-corrected chi connectivity index (χ2v) is 9.84. The van der Waals surface area contributed by atoms with Crippen molar-refractivity contribution in [1.29, 1.82) is 0 Å². The molecule has 1 aliphatic heterocycles. The van der Waals surface area contributed by atoms with Crippen LogP contribution in [0.1, 0.15) is 56.0 Å². The molecule has 11 nitrogen and oxygen atoms in total. The number of aryl methyl sites for hydroxylation is 4. The monoisotopic (exact) mass is 543 g/mol. The van der Waals surface area contributed by atoms with Crippen molar-refractivity contribution in [3.8, 4) is 0 Å². The van der Waals surface area contributed by atoms with Crippen LogP contribution in [0.2, 0.25) is 0 Å². The van der Waals surface area contributed by atoms with E-state index in [1.807, 2.05) is 38.1 Å². The van der Waals surface area contributed by atoms with Crippen molar-refractivity contribution in [3.63, 3.8) is 0 Å². The lowest BCUT2D eigenvalue weighted by Crippen LogP contribution is -2.32. The molecule has 40 heavy (non-hydrogen) atoms. The van der Waals surface area contributed by atoms with E-state index in [1.54, 1.807) is 38.1 Å². The molecule has 0 amide bonds. The molecule has 0 unspecified atom stereocenters. The summed E-state index contributed by atoms with van der Waals surface area (Å²) in [5.74, 6) is -0.625. The Hall–Kier alpha value is -4.64. The van der Waals surface area contributed by atoms with Gasteiger partial charge in [-0.25, -0.2) is 24.5 Å². The summed E-state index contributed by atoms with van der Waals surface area (Å²) in [6.07, 6.45) is -2.49. The molecule has 4 aromatic rings. The van der Waals surface area contributed by atoms with Crippen LogP contribution >= 0.6 is 0 Å². The van der Waals surface area contributed by atoms with Gasteiger partial charge in [0.2, 0.25) is 0 Å². The van der Waals surface area contributed by atoms with E-state index < -0.39 is 35.9 Å². The molecular weight excluding hydrogens is 514 g/mol. The van der Waals surface area contributed by atoms with Crippen molar-refractivity contribution in [2.24, 2.45) is 0 Å². The highest BCUT2D eigenvalue weighted by atomic mass is 16.6. The molecule has 0 spiro atoms. The second kappa shape index (κ2) is 10.9. The summed E-state index contributed by atoms with van der Waals surface area (Å²) in [5, 5.41) is 0. The number of fused-ring (bicyclic) bond motifs is 1. The van der Waals surface area contributed by atoms with Gasteiger partial charge in [0.25, 0.3) is 5.56 Å². The van der Waals surface area contributed by atoms with Gasteiger partial charge >= 0.3 is 11.9 Å². The predicted molar refractivity (Wildman–Crippen MR) is 146 cm³/mol. The molecule has 3 heterocycles. The van der Waals surface area contributed by atoms with Crippen LogP contribution in [0.15, 0.2) is 53.3 Å². The van der Waals surface area contributed by atoms with Gasteiger partial charge in [-0.2, -0.15) is 0 Å². The largest absolute Gasteiger partial charge is 0.459 e. The molecule has 2 aromatic carbocycles. The molecule has 0 saturated carbocycles. The summed E-state index contributed by atoms with van der Waals surface area (Å²) in [6.45, 7) is 6.84. The maximum absolute atomic E-state index is 13.3. The smallest absolute Gasteiger partial charge is 0.338 e. The van der Waals surface area contributed by atoms with Gasteiger partial charge in [0, 0.05) is 6.42 Å². The minimum Gasteiger partial charge on any atom is -0.459 e. The van der Waals surface area contributed by atoms with Crippen molar-refractivity contribution in [3.05, 3.63) is 92.7 Å². The summed E-state index contributed by atoms with van der Waals surface area (Å²) in [4.78, 5) is 51.9. The summed E-state index contributed by atoms with van der Waals surface area (Å²) in [6, 6.07) is 13.9. The molecule has 5 rings (SSSR count). The van der Waals surface area contributed by atoms with E-state index in [2.05, 4.69) is 15.0 Å². The van der Waals surface area contributed by atoms with Gasteiger partial charge in [-0.1, -0.05) is 35.4 Å². The Kier molecular flexibility index (Phi) is 7.31. The lowest BCUT2D eigenvalue weighted by atomic mass is 10.1. The number of nitrogen functional groups attached to an aromatic ring is 1. The molecule has 0 aliphatic carbocycles. The van der Waals surface area contributed by atoms with Gasteiger partial charge in [-0.15, -0.1) is 0 Å². The van der Waals surface area contributed by atoms with E-state index >= 15 is 0 Å². The Morgan fingerprint density at radius 3 is 2.15 bits per heavy atom. The first kappa shape index (κ1) is 26.9. The molecule has 11 heteroatoms. The average molecular weight is 544 g/mol. The number of aromatic nitrogens is 4. The van der Waals surface area contributed by atoms with Crippen LogP contribution in [0.4, 0.5) is 5.82 Å². The van der Waals surface area contributed by atoms with Crippen molar-refractivity contribution < 1.29 is 23.8 Å². The van der Waals surface area contributed by atoms with Gasteiger partial charge in [0.15, 0.2) is 11.5 Å². The third-order valence-corrected chi connectivity index (χ3v) is 6.72. The summed E-state index contributed by atoms with van der Waals surface area (Å²) < 4.78 is 19.0. The predicted octanol–water partition coefficient (Wildman–Crippen LogP) is 3.37. The van der Waals surface area contributed by atoms with Gasteiger partial charge in [0.05, 0.1) is 11.1 Å². The average Bonchev–Trinajstić information content (AvgIpc) is 3.31. The minimum absolute atomic E-state index is 0.103. The van der Waals surface area contributed by atoms with E-state index in [-0.39, 0.29) is 35.7 Å². The van der Waals surface area contributed by atoms with Crippen molar-refractivity contribution in [2.75, 3.05) is 12.3 Å². The second-order valence-electron chi connectivity index (χ2n) is 9.84. The summed E-state index contributed by atoms with van der Waals surface area (Å²) >= 11 is 0. The Balaban J connectivity index is 1.46. The molecule has 1 saturated heterocycles. The topological polar surface area (TPSA) is 149 Å². The SMILES string of the molecule is Cc1ccc(C(=O)OC[C@H]2O[C@@H](n3c(=O)c(C)nc4c(N)nc(C)nc43)C[C@@H]2OC(=O)c2ccc(C)cc2)cc1. The van der Waals surface area contributed by atoms with E-state index in [1.165, 1.54) is 4.57 Å². The number of benzene rings is 2. The standard InChI is InChI=1S/C29H29N5O6/c1-15-5-9-19(10-6-15)28(36)38-14-22-21(40-29(37)20-11-7-16(2)8-12-20)13-23(39-22)34-26-24(31-17(3)27(34)35)25(30)32-18(4)33-26/h5-12,21-23H,13-14H2,1-4H3,(H2,30,32,33)/t21-,22+,23+/m0/s1. The van der Waals surface area contributed by atoms with Crippen molar-refractivity contribution in [2.45, 2.75) is 52.6 Å². The van der Waals surface area contributed by atoms with Crippen LogP contribution < -0.4 is 11.3 Å². The number of nitrogens with zero attached hydrogens (tertiary/aromatic N) is 4. The third kappa shape index (κ3) is 5.41. The maximum atomic E-state index is 13.3. The molecule has 1 aliphatic rings. The number of anilines is 1. The molecule has 1 fully saturated rings. The number of carbonyl (C=O) groups is 2. The van der Waals surface area contributed by atoms with Gasteiger partial charge in [-0.05, 0) is 52.0 Å². The highest BCUT2D eigenvalue weighted by Gasteiger charge is 2.41. The quantitative estimate of drug-likeness (QED) is 0.359. The first-order valence-corrected chi connectivity index (χ1v) is 12.8. The zero-order valence-electron chi connectivity index (χ0n) is 22.6. The first-order valence-electron chi connectivity index (χ1n) is 12.8. The molecule has 206 valence electrons. The van der Waals surface area contributed by atoms with Crippen LogP contribution in [0.5, 0.6) is 0 Å². The van der Waals surface area contributed by atoms with Gasteiger partial charge in [0.1, 0.15) is 42.1 Å². The van der Waals surface area contributed by atoms with Crippen molar-refractivity contribution in [1.82, 2.24) is 19.5 Å². The Morgan fingerprint density at radius 1 is 0.925 bits per heavy atom. The number of hydrogen-bond acceptors (Lipinski definition) is 10.